The van der Waals surface area contributed by atoms with Gasteiger partial charge in [-0.2, -0.15) is 0 Å². The summed E-state index contributed by atoms with van der Waals surface area (Å²) in [7, 11) is 0. The van der Waals surface area contributed by atoms with E-state index in [1.54, 1.807) is 6.20 Å². The number of aliphatic carboxylic acids is 1. The van der Waals surface area contributed by atoms with Crippen molar-refractivity contribution in [2.45, 2.75) is 44.9 Å². The van der Waals surface area contributed by atoms with E-state index in [1.165, 1.54) is 0 Å². The van der Waals surface area contributed by atoms with Crippen molar-refractivity contribution in [1.82, 2.24) is 4.98 Å². The number of ketones is 1. The first kappa shape index (κ1) is 24.8. The van der Waals surface area contributed by atoms with Crippen LogP contribution in [0.25, 0.3) is 10.8 Å². The van der Waals surface area contributed by atoms with Gasteiger partial charge < -0.3 is 5.11 Å². The number of hydrogen-bond acceptors (Lipinski definition) is 3. The molecule has 0 radical (unpaired) electrons. The maximum Gasteiger partial charge on any atom is 0.310 e. The van der Waals surface area contributed by atoms with Gasteiger partial charge in [-0.15, -0.1) is 0 Å². The molecule has 1 heterocycles. The zero-order chi connectivity index (χ0) is 24.3. The van der Waals surface area contributed by atoms with Crippen LogP contribution in [0.3, 0.4) is 0 Å². The van der Waals surface area contributed by atoms with E-state index < -0.39 is 5.97 Å². The van der Waals surface area contributed by atoms with Crippen LogP contribution >= 0.6 is 0 Å². The Balaban J connectivity index is 0.000000229. The highest BCUT2D eigenvalue weighted by molar-refractivity contribution is 5.89. The number of fused-ring (bicyclic) bond motifs is 1. The zero-order valence-electron chi connectivity index (χ0n) is 19.7. The Bertz CT molecular complexity index is 1210. The normalized spacial score (nSPS) is 12.3. The minimum absolute atomic E-state index is 0.0191. The number of pyridine rings is 1. The van der Waals surface area contributed by atoms with Crippen LogP contribution in [-0.2, 0) is 16.0 Å². The summed E-state index contributed by atoms with van der Waals surface area (Å²) >= 11 is 0. The van der Waals surface area contributed by atoms with E-state index in [1.807, 2.05) is 92.0 Å². The van der Waals surface area contributed by atoms with Crippen LogP contribution in [0, 0.1) is 0 Å². The van der Waals surface area contributed by atoms with Gasteiger partial charge in [-0.25, -0.2) is 0 Å². The average Bonchev–Trinajstić information content (AvgIpc) is 2.86. The highest BCUT2D eigenvalue weighted by Gasteiger charge is 2.18. The summed E-state index contributed by atoms with van der Waals surface area (Å²) in [5.74, 6) is -0.841. The Hall–Kier alpha value is -3.79. The Morgan fingerprint density at radius 3 is 1.91 bits per heavy atom. The Kier molecular flexibility index (Phi) is 9.10. The van der Waals surface area contributed by atoms with Crippen LogP contribution in [0.1, 0.15) is 55.2 Å². The number of carboxylic acids is 1. The smallest absolute Gasteiger partial charge is 0.310 e. The molecule has 174 valence electrons. The monoisotopic (exact) mass is 453 g/mol. The third-order valence-electron chi connectivity index (χ3n) is 5.99. The Labute approximate surface area is 201 Å². The van der Waals surface area contributed by atoms with Gasteiger partial charge in [0.25, 0.3) is 0 Å². The Morgan fingerprint density at radius 2 is 1.35 bits per heavy atom. The highest BCUT2D eigenvalue weighted by Crippen LogP contribution is 2.23. The third-order valence-corrected chi connectivity index (χ3v) is 5.99. The van der Waals surface area contributed by atoms with E-state index in [9.17, 15) is 9.59 Å². The highest BCUT2D eigenvalue weighted by atomic mass is 16.4. The maximum atomic E-state index is 12.7. The van der Waals surface area contributed by atoms with E-state index in [0.717, 1.165) is 33.9 Å². The molecule has 3 aromatic carbocycles. The van der Waals surface area contributed by atoms with Gasteiger partial charge in [-0.05, 0) is 41.0 Å². The van der Waals surface area contributed by atoms with Crippen molar-refractivity contribution >= 4 is 22.5 Å². The van der Waals surface area contributed by atoms with E-state index in [-0.39, 0.29) is 17.6 Å². The molecule has 4 aromatic rings. The van der Waals surface area contributed by atoms with Crippen molar-refractivity contribution in [2.75, 3.05) is 0 Å². The van der Waals surface area contributed by atoms with Crippen molar-refractivity contribution in [3.05, 3.63) is 114 Å². The fourth-order valence-electron chi connectivity index (χ4n) is 4.14. The molecule has 0 spiro atoms. The first-order valence-corrected chi connectivity index (χ1v) is 11.7. The van der Waals surface area contributed by atoms with Gasteiger partial charge in [0.15, 0.2) is 0 Å². The van der Waals surface area contributed by atoms with Crippen molar-refractivity contribution in [3.8, 4) is 0 Å². The van der Waals surface area contributed by atoms with Crippen LogP contribution in [0.2, 0.25) is 0 Å². The van der Waals surface area contributed by atoms with Crippen LogP contribution in [0.5, 0.6) is 0 Å². The summed E-state index contributed by atoms with van der Waals surface area (Å²) in [4.78, 5) is 27.5. The minimum atomic E-state index is -0.747. The van der Waals surface area contributed by atoms with Crippen molar-refractivity contribution in [2.24, 2.45) is 0 Å². The predicted octanol–water partition coefficient (Wildman–Crippen LogP) is 6.81. The molecule has 1 N–H and O–H groups in total. The summed E-state index contributed by atoms with van der Waals surface area (Å²) in [5, 5.41) is 11.1. The fourth-order valence-corrected chi connectivity index (χ4v) is 4.14. The molecule has 4 nitrogen and oxygen atoms in total. The Morgan fingerprint density at radius 1 is 0.765 bits per heavy atom. The zero-order valence-corrected chi connectivity index (χ0v) is 19.7. The largest absolute Gasteiger partial charge is 0.481 e. The van der Waals surface area contributed by atoms with Crippen LogP contribution in [0.15, 0.2) is 97.3 Å². The molecule has 0 saturated heterocycles. The molecule has 0 fully saturated rings. The minimum Gasteiger partial charge on any atom is -0.481 e. The number of carboxylic acid groups (broad SMARTS) is 1. The van der Waals surface area contributed by atoms with Crippen molar-refractivity contribution < 1.29 is 14.7 Å². The lowest BCUT2D eigenvalue weighted by Gasteiger charge is -2.14. The van der Waals surface area contributed by atoms with Crippen LogP contribution in [0.4, 0.5) is 0 Å². The summed E-state index contributed by atoms with van der Waals surface area (Å²) in [6.45, 7) is 3.95. The molecule has 0 aliphatic rings. The summed E-state index contributed by atoms with van der Waals surface area (Å²) in [5.41, 5.74) is 3.06. The van der Waals surface area contributed by atoms with E-state index in [0.29, 0.717) is 12.8 Å². The number of carbonyl (C=O) groups excluding carboxylic acids is 1. The maximum absolute atomic E-state index is 12.7. The van der Waals surface area contributed by atoms with Gasteiger partial charge in [-0.3, -0.25) is 14.6 Å². The quantitative estimate of drug-likeness (QED) is 0.318. The van der Waals surface area contributed by atoms with Crippen LogP contribution < -0.4 is 0 Å². The molecular weight excluding hydrogens is 422 g/mol. The fraction of sp³-hybridized carbons (Fsp3) is 0.233. The molecule has 2 atom stereocenters. The van der Waals surface area contributed by atoms with Gasteiger partial charge >= 0.3 is 5.97 Å². The average molecular weight is 454 g/mol. The van der Waals surface area contributed by atoms with E-state index >= 15 is 0 Å². The second kappa shape index (κ2) is 12.4. The second-order valence-corrected chi connectivity index (χ2v) is 8.28. The van der Waals surface area contributed by atoms with Crippen molar-refractivity contribution in [3.63, 3.8) is 0 Å². The first-order chi connectivity index (χ1) is 16.5. The molecule has 4 rings (SSSR count). The standard InChI is InChI=1S/C20H19NO.C10H12O2/c1-2-19(16-6-4-3-5-7-16)20(22)13-15-8-9-18-14-21-11-10-17(18)12-15;1-2-9(10(11)12)8-6-4-3-5-7-8/h3-12,14,19H,2,13H2,1H3;3-7,9H,2H2,1H3,(H,11,12). The molecule has 2 unspecified atom stereocenters. The number of nitrogens with zero attached hydrogens (tertiary/aromatic N) is 1. The summed E-state index contributed by atoms with van der Waals surface area (Å²) in [6, 6.07) is 27.5. The predicted molar refractivity (Wildman–Crippen MR) is 137 cm³/mol. The van der Waals surface area contributed by atoms with Gasteiger partial charge in [0.05, 0.1) is 5.92 Å². The molecule has 0 bridgehead atoms. The molecule has 0 saturated carbocycles. The van der Waals surface area contributed by atoms with Gasteiger partial charge in [-0.1, -0.05) is 92.7 Å². The lowest BCUT2D eigenvalue weighted by molar-refractivity contribution is -0.138. The topological polar surface area (TPSA) is 67.3 Å². The number of rotatable bonds is 8. The van der Waals surface area contributed by atoms with Gasteiger partial charge in [0, 0.05) is 30.1 Å². The molecule has 0 amide bonds. The SMILES string of the molecule is CCC(C(=O)Cc1ccc2cnccc2c1)c1ccccc1.CCC(C(=O)O)c1ccccc1. The summed E-state index contributed by atoms with van der Waals surface area (Å²) < 4.78 is 0. The van der Waals surface area contributed by atoms with E-state index in [2.05, 4.69) is 18.0 Å². The molecule has 34 heavy (non-hydrogen) atoms. The third kappa shape index (κ3) is 6.61. The molecule has 0 aliphatic heterocycles. The number of carbonyl (C=O) groups is 2. The number of hydrogen-bond donors (Lipinski definition) is 1. The first-order valence-electron chi connectivity index (χ1n) is 11.7. The lowest BCUT2D eigenvalue weighted by atomic mass is 9.89. The van der Waals surface area contributed by atoms with Crippen molar-refractivity contribution in [1.29, 1.82) is 0 Å². The molecule has 0 aliphatic carbocycles. The van der Waals surface area contributed by atoms with Crippen LogP contribution in [-0.4, -0.2) is 21.8 Å². The number of aromatic nitrogens is 1. The number of Topliss-reactive ketones (excluding diaryl/α,β-unsaturated/α-hetero) is 1. The van der Waals surface area contributed by atoms with Gasteiger partial charge in [0.2, 0.25) is 0 Å². The van der Waals surface area contributed by atoms with Gasteiger partial charge in [0.1, 0.15) is 5.78 Å². The van der Waals surface area contributed by atoms with E-state index in [4.69, 9.17) is 5.11 Å². The molecule has 1 aromatic heterocycles. The lowest BCUT2D eigenvalue weighted by Crippen LogP contribution is -2.14. The second-order valence-electron chi connectivity index (χ2n) is 8.28. The summed E-state index contributed by atoms with van der Waals surface area (Å²) in [6.07, 6.45) is 5.58. The molecular formula is C30H31NO3. The molecule has 4 heteroatoms. The number of benzene rings is 3.